The second-order valence-corrected chi connectivity index (χ2v) is 12.5. The number of unbranched alkanes of at least 4 members (excludes halogenated alkanes) is 5. The van der Waals surface area contributed by atoms with Gasteiger partial charge in [-0.2, -0.15) is 0 Å². The van der Waals surface area contributed by atoms with Crippen molar-refractivity contribution in [3.63, 3.8) is 0 Å². The van der Waals surface area contributed by atoms with E-state index in [1.54, 1.807) is 20.8 Å². The summed E-state index contributed by atoms with van der Waals surface area (Å²) in [6, 6.07) is 0. The van der Waals surface area contributed by atoms with Gasteiger partial charge in [-0.3, -0.25) is 14.4 Å². The van der Waals surface area contributed by atoms with Crippen LogP contribution < -0.4 is 10.6 Å². The smallest absolute Gasteiger partial charge is 0.311 e. The first-order valence-corrected chi connectivity index (χ1v) is 15.4. The van der Waals surface area contributed by atoms with Crippen molar-refractivity contribution < 1.29 is 29.0 Å². The molecule has 234 valence electrons. The predicted molar refractivity (Wildman–Crippen MR) is 164 cm³/mol. The van der Waals surface area contributed by atoms with E-state index in [0.29, 0.717) is 13.0 Å². The summed E-state index contributed by atoms with van der Waals surface area (Å²) >= 11 is 0. The topological polar surface area (TPSA) is 114 Å². The van der Waals surface area contributed by atoms with Crippen LogP contribution in [0.2, 0.25) is 0 Å². The lowest BCUT2D eigenvalue weighted by Gasteiger charge is -2.45. The summed E-state index contributed by atoms with van der Waals surface area (Å²) in [7, 11) is 0. The fourth-order valence-electron chi connectivity index (χ4n) is 4.44. The molecule has 0 spiro atoms. The predicted octanol–water partition coefficient (Wildman–Crippen LogP) is 6.47. The summed E-state index contributed by atoms with van der Waals surface area (Å²) in [5.41, 5.74) is -1.77. The Hall–Kier alpha value is -2.45. The standard InChI is InChI=1S/C33H56N2O6/c1-7-8-9-10-11-12-13-14-15-16-17-18-19-20-21-22-27(36)34-24-23-33(6,30(38)39)25-35-29(37)28-31(2,3)26-40-32(4,5)41-28/h8-9,11-12,14-15,28H,7,10,13,16-26H2,1-6H3,(H,34,36)(H,35,37)(H,38,39). The van der Waals surface area contributed by atoms with Gasteiger partial charge in [-0.15, -0.1) is 0 Å². The van der Waals surface area contributed by atoms with Crippen molar-refractivity contribution in [2.24, 2.45) is 10.8 Å². The van der Waals surface area contributed by atoms with E-state index in [2.05, 4.69) is 54.0 Å². The van der Waals surface area contributed by atoms with Crippen LogP contribution in [0.5, 0.6) is 0 Å². The molecule has 2 unspecified atom stereocenters. The van der Waals surface area contributed by atoms with Gasteiger partial charge in [0.05, 0.1) is 12.0 Å². The van der Waals surface area contributed by atoms with Crippen LogP contribution in [0.25, 0.3) is 0 Å². The van der Waals surface area contributed by atoms with Crippen LogP contribution in [0, 0.1) is 10.8 Å². The van der Waals surface area contributed by atoms with Gasteiger partial charge in [-0.1, -0.05) is 76.5 Å². The number of allylic oxidation sites excluding steroid dienone is 6. The van der Waals surface area contributed by atoms with E-state index in [1.165, 1.54) is 0 Å². The van der Waals surface area contributed by atoms with Gasteiger partial charge in [-0.05, 0) is 65.7 Å². The molecular weight excluding hydrogens is 520 g/mol. The maximum Gasteiger partial charge on any atom is 0.311 e. The highest BCUT2D eigenvalue weighted by Crippen LogP contribution is 2.35. The molecule has 1 aliphatic rings. The van der Waals surface area contributed by atoms with Crippen molar-refractivity contribution in [2.45, 2.75) is 124 Å². The van der Waals surface area contributed by atoms with Gasteiger partial charge in [0.2, 0.25) is 11.8 Å². The molecule has 0 saturated carbocycles. The van der Waals surface area contributed by atoms with Gasteiger partial charge in [0.25, 0.3) is 0 Å². The van der Waals surface area contributed by atoms with Crippen molar-refractivity contribution >= 4 is 17.8 Å². The number of rotatable bonds is 20. The fraction of sp³-hybridized carbons (Fsp3) is 0.727. The highest BCUT2D eigenvalue weighted by atomic mass is 16.7. The molecule has 41 heavy (non-hydrogen) atoms. The van der Waals surface area contributed by atoms with Gasteiger partial charge in [0.1, 0.15) is 6.10 Å². The zero-order valence-corrected chi connectivity index (χ0v) is 26.4. The largest absolute Gasteiger partial charge is 0.481 e. The first kappa shape index (κ1) is 36.6. The Kier molecular flexibility index (Phi) is 16.8. The zero-order chi connectivity index (χ0) is 30.8. The first-order valence-electron chi connectivity index (χ1n) is 15.4. The lowest BCUT2D eigenvalue weighted by atomic mass is 9.84. The Labute approximate surface area is 248 Å². The first-order chi connectivity index (χ1) is 19.3. The highest BCUT2D eigenvalue weighted by molar-refractivity contribution is 5.83. The zero-order valence-electron chi connectivity index (χ0n) is 26.4. The van der Waals surface area contributed by atoms with Gasteiger partial charge in [-0.25, -0.2) is 0 Å². The molecule has 0 aromatic heterocycles. The van der Waals surface area contributed by atoms with E-state index in [9.17, 15) is 19.5 Å². The highest BCUT2D eigenvalue weighted by Gasteiger charge is 2.46. The summed E-state index contributed by atoms with van der Waals surface area (Å²) in [5, 5.41) is 15.4. The van der Waals surface area contributed by atoms with Crippen molar-refractivity contribution in [3.8, 4) is 0 Å². The van der Waals surface area contributed by atoms with E-state index in [0.717, 1.165) is 57.8 Å². The molecule has 1 heterocycles. The fourth-order valence-corrected chi connectivity index (χ4v) is 4.44. The number of amides is 2. The van der Waals surface area contributed by atoms with Crippen LogP contribution in [-0.2, 0) is 23.9 Å². The van der Waals surface area contributed by atoms with E-state index < -0.39 is 28.7 Å². The Balaban J connectivity index is 2.23. The molecule has 1 rings (SSSR count). The van der Waals surface area contributed by atoms with Gasteiger partial charge in [0.15, 0.2) is 5.79 Å². The Morgan fingerprint density at radius 3 is 2.17 bits per heavy atom. The molecule has 0 radical (unpaired) electrons. The Bertz CT molecular complexity index is 892. The van der Waals surface area contributed by atoms with Crippen molar-refractivity contribution in [3.05, 3.63) is 36.5 Å². The molecule has 0 aromatic carbocycles. The molecule has 0 bridgehead atoms. The molecule has 1 saturated heterocycles. The second kappa shape index (κ2) is 18.9. The minimum atomic E-state index is -1.22. The number of carbonyl (C=O) groups is 3. The quantitative estimate of drug-likeness (QED) is 0.113. The van der Waals surface area contributed by atoms with Crippen molar-refractivity contribution in [1.29, 1.82) is 0 Å². The SMILES string of the molecule is CCC=CCC=CCC=CCCCCCCCC(=O)NCCC(C)(CNC(=O)C1OC(C)(C)OCC1(C)C)C(=O)O. The van der Waals surface area contributed by atoms with E-state index in [1.807, 2.05) is 13.8 Å². The third-order valence-corrected chi connectivity index (χ3v) is 7.36. The number of hydrogen-bond acceptors (Lipinski definition) is 5. The summed E-state index contributed by atoms with van der Waals surface area (Å²) in [6.45, 7) is 11.5. The van der Waals surface area contributed by atoms with Gasteiger partial charge < -0.3 is 25.2 Å². The van der Waals surface area contributed by atoms with Crippen LogP contribution in [0.3, 0.4) is 0 Å². The average Bonchev–Trinajstić information content (AvgIpc) is 2.91. The molecule has 3 N–H and O–H groups in total. The molecular formula is C33H56N2O6. The second-order valence-electron chi connectivity index (χ2n) is 12.5. The minimum absolute atomic E-state index is 0.0587. The Morgan fingerprint density at radius 2 is 1.51 bits per heavy atom. The van der Waals surface area contributed by atoms with Crippen LogP contribution in [0.1, 0.15) is 112 Å². The van der Waals surface area contributed by atoms with E-state index >= 15 is 0 Å². The van der Waals surface area contributed by atoms with Crippen molar-refractivity contribution in [1.82, 2.24) is 10.6 Å². The maximum atomic E-state index is 12.9. The summed E-state index contributed by atoms with van der Waals surface area (Å²) < 4.78 is 11.5. The van der Waals surface area contributed by atoms with Crippen LogP contribution >= 0.6 is 0 Å². The van der Waals surface area contributed by atoms with E-state index in [-0.39, 0.29) is 31.3 Å². The number of aliphatic carboxylic acids is 1. The number of hydrogen-bond donors (Lipinski definition) is 3. The number of carboxylic acids is 1. The number of ether oxygens (including phenoxy) is 2. The molecule has 8 heteroatoms. The van der Waals surface area contributed by atoms with Gasteiger partial charge in [0, 0.05) is 24.9 Å². The molecule has 0 aliphatic carbocycles. The number of carbonyl (C=O) groups excluding carboxylic acids is 2. The van der Waals surface area contributed by atoms with Crippen molar-refractivity contribution in [2.75, 3.05) is 19.7 Å². The van der Waals surface area contributed by atoms with Crippen LogP contribution in [0.15, 0.2) is 36.5 Å². The molecule has 2 atom stereocenters. The summed E-state index contributed by atoms with van der Waals surface area (Å²) in [5.74, 6) is -2.34. The molecule has 8 nitrogen and oxygen atoms in total. The Morgan fingerprint density at radius 1 is 0.902 bits per heavy atom. The van der Waals surface area contributed by atoms with Crippen LogP contribution in [0.4, 0.5) is 0 Å². The van der Waals surface area contributed by atoms with E-state index in [4.69, 9.17) is 9.47 Å². The normalized spacial score (nSPS) is 19.9. The number of carboxylic acid groups (broad SMARTS) is 1. The monoisotopic (exact) mass is 576 g/mol. The molecule has 1 aliphatic heterocycles. The minimum Gasteiger partial charge on any atom is -0.481 e. The van der Waals surface area contributed by atoms with Gasteiger partial charge >= 0.3 is 5.97 Å². The molecule has 1 fully saturated rings. The lowest BCUT2D eigenvalue weighted by Crippen LogP contribution is -2.57. The molecule has 0 aromatic rings. The van der Waals surface area contributed by atoms with Crippen LogP contribution in [-0.4, -0.2) is 54.5 Å². The third kappa shape index (κ3) is 15.4. The summed E-state index contributed by atoms with van der Waals surface area (Å²) in [4.78, 5) is 37.2. The average molecular weight is 577 g/mol. The molecule has 2 amide bonds. The summed E-state index contributed by atoms with van der Waals surface area (Å²) in [6.07, 6.45) is 22.5. The number of nitrogens with one attached hydrogen (secondary N) is 2. The lowest BCUT2D eigenvalue weighted by molar-refractivity contribution is -0.304. The third-order valence-electron chi connectivity index (χ3n) is 7.36. The maximum absolute atomic E-state index is 12.9.